The molecule has 7 heteroatoms. The van der Waals surface area contributed by atoms with Gasteiger partial charge in [0.1, 0.15) is 11.6 Å². The predicted molar refractivity (Wildman–Crippen MR) is 121 cm³/mol. The Labute approximate surface area is 182 Å². The smallest absolute Gasteiger partial charge is 0.219 e. The molecule has 1 aliphatic heterocycles. The molecule has 7 nitrogen and oxygen atoms in total. The number of H-pyrrole nitrogens is 1. The van der Waals surface area contributed by atoms with Crippen molar-refractivity contribution < 1.29 is 9.53 Å². The van der Waals surface area contributed by atoms with Crippen molar-refractivity contribution in [1.82, 2.24) is 20.1 Å². The van der Waals surface area contributed by atoms with Crippen molar-refractivity contribution in [2.45, 2.75) is 45.8 Å². The van der Waals surface area contributed by atoms with E-state index < -0.39 is 0 Å². The number of anilines is 1. The molecule has 0 saturated carbocycles. The molecule has 0 bridgehead atoms. The minimum atomic E-state index is 0.122. The second-order valence-electron chi connectivity index (χ2n) is 8.21. The number of nitrogens with zero attached hydrogens (tertiary/aromatic N) is 3. The Balaban J connectivity index is 1.49. The highest BCUT2D eigenvalue weighted by molar-refractivity contribution is 5.74. The van der Waals surface area contributed by atoms with Crippen LogP contribution in [0.4, 0.5) is 5.82 Å². The molecule has 162 valence electrons. The van der Waals surface area contributed by atoms with E-state index in [0.717, 1.165) is 53.5 Å². The monoisotopic (exact) mass is 419 g/mol. The van der Waals surface area contributed by atoms with Crippen molar-refractivity contribution in [1.29, 1.82) is 0 Å². The van der Waals surface area contributed by atoms with Crippen LogP contribution in [-0.2, 0) is 11.3 Å². The molecule has 1 fully saturated rings. The van der Waals surface area contributed by atoms with Crippen LogP contribution in [0.3, 0.4) is 0 Å². The average Bonchev–Trinajstić information content (AvgIpc) is 3.42. The molecule has 3 heterocycles. The molecule has 3 aromatic rings. The van der Waals surface area contributed by atoms with E-state index >= 15 is 0 Å². The van der Waals surface area contributed by atoms with Gasteiger partial charge in [0.25, 0.3) is 0 Å². The second-order valence-corrected chi connectivity index (χ2v) is 8.21. The minimum absolute atomic E-state index is 0.122. The lowest BCUT2D eigenvalue weighted by Gasteiger charge is -2.15. The van der Waals surface area contributed by atoms with Gasteiger partial charge in [0.15, 0.2) is 0 Å². The summed E-state index contributed by atoms with van der Waals surface area (Å²) in [5.41, 5.74) is 4.28. The van der Waals surface area contributed by atoms with Gasteiger partial charge in [0, 0.05) is 55.5 Å². The van der Waals surface area contributed by atoms with Gasteiger partial charge in [-0.3, -0.25) is 9.89 Å². The van der Waals surface area contributed by atoms with E-state index in [1.165, 1.54) is 0 Å². The van der Waals surface area contributed by atoms with Gasteiger partial charge in [-0.15, -0.1) is 0 Å². The van der Waals surface area contributed by atoms with Crippen LogP contribution in [0.2, 0.25) is 0 Å². The number of carbonyl (C=O) groups excluding carboxylic acids is 1. The normalized spacial score (nSPS) is 16.0. The van der Waals surface area contributed by atoms with Gasteiger partial charge in [0.05, 0.1) is 12.3 Å². The molecular weight excluding hydrogens is 390 g/mol. The first-order chi connectivity index (χ1) is 15.0. The molecule has 0 radical (unpaired) electrons. The fourth-order valence-corrected chi connectivity index (χ4v) is 4.02. The Morgan fingerprint density at radius 1 is 1.32 bits per heavy atom. The van der Waals surface area contributed by atoms with Crippen LogP contribution in [0.25, 0.3) is 11.1 Å². The van der Waals surface area contributed by atoms with E-state index in [1.54, 1.807) is 6.92 Å². The Morgan fingerprint density at radius 3 is 2.94 bits per heavy atom. The van der Waals surface area contributed by atoms with Gasteiger partial charge >= 0.3 is 0 Å². The summed E-state index contributed by atoms with van der Waals surface area (Å²) >= 11 is 0. The summed E-state index contributed by atoms with van der Waals surface area (Å²) in [7, 11) is 0. The summed E-state index contributed by atoms with van der Waals surface area (Å²) < 4.78 is 5.91. The maximum Gasteiger partial charge on any atom is 0.219 e. The third-order valence-electron chi connectivity index (χ3n) is 5.58. The zero-order valence-electron chi connectivity index (χ0n) is 18.3. The molecule has 1 saturated heterocycles. The summed E-state index contributed by atoms with van der Waals surface area (Å²) in [6, 6.07) is 12.1. The maximum absolute atomic E-state index is 11.7. The molecule has 31 heavy (non-hydrogen) atoms. The second kappa shape index (κ2) is 9.20. The topological polar surface area (TPSA) is 83.1 Å². The van der Waals surface area contributed by atoms with Crippen LogP contribution in [0.5, 0.6) is 5.75 Å². The molecule has 1 unspecified atom stereocenters. The van der Waals surface area contributed by atoms with Gasteiger partial charge in [-0.05, 0) is 44.0 Å². The molecule has 2 N–H and O–H groups in total. The highest BCUT2D eigenvalue weighted by atomic mass is 16.5. The van der Waals surface area contributed by atoms with E-state index in [2.05, 4.69) is 26.6 Å². The lowest BCUT2D eigenvalue weighted by molar-refractivity contribution is -0.127. The lowest BCUT2D eigenvalue weighted by Crippen LogP contribution is -2.25. The standard InChI is InChI=1S/C24H29N5O2/c1-16(2)31-22-7-5-4-6-19(22)13-26-23-12-18(8-10-25-23)21-14-27-28-24(21)20-9-11-29(15-20)17(3)30/h4-8,10,12,14,16,20H,9,11,13,15H2,1-3H3,(H,25,26)(H,27,28). The summed E-state index contributed by atoms with van der Waals surface area (Å²) in [5.74, 6) is 2.07. The van der Waals surface area contributed by atoms with Crippen molar-refractivity contribution in [3.8, 4) is 16.9 Å². The number of hydrogen-bond donors (Lipinski definition) is 2. The minimum Gasteiger partial charge on any atom is -0.491 e. The zero-order chi connectivity index (χ0) is 21.8. The molecule has 1 atom stereocenters. The third-order valence-corrected chi connectivity index (χ3v) is 5.58. The molecule has 1 amide bonds. The molecule has 4 rings (SSSR count). The number of para-hydroxylation sites is 1. The lowest BCUT2D eigenvalue weighted by atomic mass is 9.97. The van der Waals surface area contributed by atoms with Crippen molar-refractivity contribution in [2.75, 3.05) is 18.4 Å². The van der Waals surface area contributed by atoms with Crippen LogP contribution >= 0.6 is 0 Å². The van der Waals surface area contributed by atoms with Gasteiger partial charge in [-0.25, -0.2) is 4.98 Å². The van der Waals surface area contributed by atoms with Crippen LogP contribution in [0.1, 0.15) is 44.4 Å². The number of aromatic amines is 1. The van der Waals surface area contributed by atoms with Crippen LogP contribution in [-0.4, -0.2) is 45.2 Å². The van der Waals surface area contributed by atoms with Gasteiger partial charge < -0.3 is 15.0 Å². The number of benzene rings is 1. The van der Waals surface area contributed by atoms with E-state index in [1.807, 2.05) is 61.5 Å². The Morgan fingerprint density at radius 2 is 2.16 bits per heavy atom. The SMILES string of the molecule is CC(=O)N1CCC(c2[nH]ncc2-c2ccnc(NCc3ccccc3OC(C)C)c2)C1. The number of likely N-dealkylation sites (tertiary alicyclic amines) is 1. The number of amides is 1. The number of nitrogens with one attached hydrogen (secondary N) is 2. The fourth-order valence-electron chi connectivity index (χ4n) is 4.02. The van der Waals surface area contributed by atoms with Crippen LogP contribution in [0.15, 0.2) is 48.8 Å². The van der Waals surface area contributed by atoms with E-state index in [-0.39, 0.29) is 17.9 Å². The number of hydrogen-bond acceptors (Lipinski definition) is 5. The molecule has 2 aromatic heterocycles. The fraction of sp³-hybridized carbons (Fsp3) is 0.375. The Kier molecular flexibility index (Phi) is 6.21. The van der Waals surface area contributed by atoms with E-state index in [4.69, 9.17) is 4.74 Å². The first-order valence-electron chi connectivity index (χ1n) is 10.7. The molecule has 1 aliphatic rings. The number of rotatable bonds is 7. The number of pyridine rings is 1. The molecule has 1 aromatic carbocycles. The zero-order valence-corrected chi connectivity index (χ0v) is 18.3. The number of ether oxygens (including phenoxy) is 1. The van der Waals surface area contributed by atoms with Crippen LogP contribution in [0, 0.1) is 0 Å². The highest BCUT2D eigenvalue weighted by Crippen LogP contribution is 2.34. The first-order valence-corrected chi connectivity index (χ1v) is 10.7. The number of carbonyl (C=O) groups is 1. The predicted octanol–water partition coefficient (Wildman–Crippen LogP) is 4.21. The average molecular weight is 420 g/mol. The maximum atomic E-state index is 11.7. The van der Waals surface area contributed by atoms with Gasteiger partial charge in [0.2, 0.25) is 5.91 Å². The molecule has 0 spiro atoms. The van der Waals surface area contributed by atoms with Crippen molar-refractivity contribution in [3.63, 3.8) is 0 Å². The van der Waals surface area contributed by atoms with Crippen LogP contribution < -0.4 is 10.1 Å². The summed E-state index contributed by atoms with van der Waals surface area (Å²) in [5, 5.41) is 10.9. The molecule has 0 aliphatic carbocycles. The van der Waals surface area contributed by atoms with Gasteiger partial charge in [-0.2, -0.15) is 5.10 Å². The van der Waals surface area contributed by atoms with Crippen molar-refractivity contribution >= 4 is 11.7 Å². The quantitative estimate of drug-likeness (QED) is 0.599. The number of aromatic nitrogens is 3. The van der Waals surface area contributed by atoms with E-state index in [9.17, 15) is 4.79 Å². The van der Waals surface area contributed by atoms with Gasteiger partial charge in [-0.1, -0.05) is 18.2 Å². The highest BCUT2D eigenvalue weighted by Gasteiger charge is 2.28. The molecular formula is C24H29N5O2. The van der Waals surface area contributed by atoms with Crippen molar-refractivity contribution in [2.24, 2.45) is 0 Å². The largest absolute Gasteiger partial charge is 0.491 e. The third kappa shape index (κ3) is 4.87. The Bertz CT molecular complexity index is 1050. The first kappa shape index (κ1) is 20.9. The summed E-state index contributed by atoms with van der Waals surface area (Å²) in [4.78, 5) is 18.1. The Hall–Kier alpha value is -3.35. The van der Waals surface area contributed by atoms with Crippen molar-refractivity contribution in [3.05, 3.63) is 60.0 Å². The van der Waals surface area contributed by atoms with E-state index in [0.29, 0.717) is 6.54 Å². The summed E-state index contributed by atoms with van der Waals surface area (Å²) in [6.07, 6.45) is 4.73. The summed E-state index contributed by atoms with van der Waals surface area (Å²) in [6.45, 7) is 7.82.